The van der Waals surface area contributed by atoms with Gasteiger partial charge in [0, 0.05) is 19.0 Å². The van der Waals surface area contributed by atoms with Crippen LogP contribution in [-0.4, -0.2) is 65.2 Å². The van der Waals surface area contributed by atoms with E-state index < -0.39 is 5.60 Å². The molecule has 0 spiro atoms. The van der Waals surface area contributed by atoms with Gasteiger partial charge in [-0.15, -0.1) is 0 Å². The van der Waals surface area contributed by atoms with Crippen LogP contribution in [0.25, 0.3) is 0 Å². The first-order chi connectivity index (χ1) is 12.8. The van der Waals surface area contributed by atoms with Crippen molar-refractivity contribution in [2.75, 3.05) is 19.6 Å². The zero-order valence-electron chi connectivity index (χ0n) is 15.9. The second-order valence-corrected chi connectivity index (χ2v) is 8.29. The summed E-state index contributed by atoms with van der Waals surface area (Å²) in [5.74, 6) is 0.800. The first-order valence-electron chi connectivity index (χ1n) is 9.41. The third-order valence-electron chi connectivity index (χ3n) is 5.02. The van der Waals surface area contributed by atoms with Gasteiger partial charge in [-0.25, -0.2) is 14.6 Å². The molecule has 3 atom stereocenters. The summed E-state index contributed by atoms with van der Waals surface area (Å²) in [5, 5.41) is 0. The third-order valence-corrected chi connectivity index (χ3v) is 5.02. The van der Waals surface area contributed by atoms with Gasteiger partial charge in [0.25, 0.3) is 0 Å². The van der Waals surface area contributed by atoms with Crippen molar-refractivity contribution in [3.8, 4) is 0 Å². The van der Waals surface area contributed by atoms with Gasteiger partial charge in [-0.2, -0.15) is 0 Å². The fourth-order valence-electron chi connectivity index (χ4n) is 3.58. The summed E-state index contributed by atoms with van der Waals surface area (Å²) in [6.07, 6.45) is 0.210. The molecular formula is C20H25N3O4. The zero-order valence-corrected chi connectivity index (χ0v) is 15.9. The SMILES string of the molecule is CC(C)(C)OC(=O)N1CCN2C(=O)OC(=N[C@H]3C[C@@H]3c3ccccc3)C2C1. The number of carbonyl (C=O) groups is 2. The highest BCUT2D eigenvalue weighted by Crippen LogP contribution is 2.44. The van der Waals surface area contributed by atoms with Gasteiger partial charge in [-0.1, -0.05) is 30.3 Å². The molecule has 1 aromatic carbocycles. The van der Waals surface area contributed by atoms with E-state index in [1.807, 2.05) is 39.0 Å². The molecule has 3 fully saturated rings. The van der Waals surface area contributed by atoms with Gasteiger partial charge >= 0.3 is 12.2 Å². The molecule has 2 amide bonds. The number of amides is 2. The second-order valence-electron chi connectivity index (χ2n) is 8.29. The smallest absolute Gasteiger partial charge is 0.417 e. The van der Waals surface area contributed by atoms with Crippen LogP contribution < -0.4 is 0 Å². The Morgan fingerprint density at radius 1 is 1.22 bits per heavy atom. The van der Waals surface area contributed by atoms with Crippen LogP contribution in [0, 0.1) is 0 Å². The number of hydrogen-bond acceptors (Lipinski definition) is 5. The number of hydrogen-bond donors (Lipinski definition) is 0. The monoisotopic (exact) mass is 371 g/mol. The van der Waals surface area contributed by atoms with Gasteiger partial charge < -0.3 is 14.4 Å². The van der Waals surface area contributed by atoms with E-state index in [4.69, 9.17) is 14.5 Å². The van der Waals surface area contributed by atoms with Crippen LogP contribution in [-0.2, 0) is 9.47 Å². The molecule has 2 saturated heterocycles. The van der Waals surface area contributed by atoms with Crippen molar-refractivity contribution in [3.63, 3.8) is 0 Å². The molecule has 7 heteroatoms. The molecule has 0 aromatic heterocycles. The number of carbonyl (C=O) groups excluding carboxylic acids is 2. The van der Waals surface area contributed by atoms with E-state index in [9.17, 15) is 9.59 Å². The molecule has 144 valence electrons. The first kappa shape index (κ1) is 17.8. The maximum Gasteiger partial charge on any atom is 0.417 e. The van der Waals surface area contributed by atoms with Gasteiger partial charge in [0.05, 0.1) is 12.6 Å². The van der Waals surface area contributed by atoms with E-state index >= 15 is 0 Å². The second kappa shape index (κ2) is 6.55. The predicted octanol–water partition coefficient (Wildman–Crippen LogP) is 3.01. The Balaban J connectivity index is 1.45. The average molecular weight is 371 g/mol. The molecule has 1 saturated carbocycles. The molecule has 1 aromatic rings. The van der Waals surface area contributed by atoms with Gasteiger partial charge in [0.2, 0.25) is 5.90 Å². The highest BCUT2D eigenvalue weighted by atomic mass is 16.6. The summed E-state index contributed by atoms with van der Waals surface area (Å²) in [5.41, 5.74) is 0.705. The van der Waals surface area contributed by atoms with E-state index in [2.05, 4.69) is 12.1 Å². The van der Waals surface area contributed by atoms with Crippen LogP contribution in [0.2, 0.25) is 0 Å². The number of piperazine rings is 1. The van der Waals surface area contributed by atoms with Crippen LogP contribution in [0.5, 0.6) is 0 Å². The highest BCUT2D eigenvalue weighted by Gasteiger charge is 2.47. The van der Waals surface area contributed by atoms with Gasteiger partial charge in [0.1, 0.15) is 11.6 Å². The number of aliphatic imine (C=N–C) groups is 1. The van der Waals surface area contributed by atoms with E-state index in [1.54, 1.807) is 9.80 Å². The standard InChI is InChI=1S/C20H25N3O4/c1-20(2,3)27-18(24)22-9-10-23-16(12-22)17(26-19(23)25)21-15-11-14(15)13-7-5-4-6-8-13/h4-8,14-16H,9-12H2,1-3H3/t14-,15+,16?/m1/s1. The van der Waals surface area contributed by atoms with Crippen molar-refractivity contribution in [2.24, 2.45) is 4.99 Å². The molecule has 2 heterocycles. The van der Waals surface area contributed by atoms with Gasteiger partial charge in [0.15, 0.2) is 0 Å². The molecular weight excluding hydrogens is 346 g/mol. The molecule has 7 nitrogen and oxygen atoms in total. The van der Waals surface area contributed by atoms with Crippen LogP contribution in [0.3, 0.4) is 0 Å². The average Bonchev–Trinajstić information content (AvgIpc) is 3.32. The lowest BCUT2D eigenvalue weighted by Gasteiger charge is -2.35. The van der Waals surface area contributed by atoms with Gasteiger partial charge in [-0.05, 0) is 32.8 Å². The number of cyclic esters (lactones) is 1. The highest BCUT2D eigenvalue weighted by molar-refractivity contribution is 5.99. The third kappa shape index (κ3) is 3.77. The number of rotatable bonds is 2. The molecule has 0 bridgehead atoms. The Morgan fingerprint density at radius 3 is 2.67 bits per heavy atom. The lowest BCUT2D eigenvalue weighted by molar-refractivity contribution is 0.0148. The van der Waals surface area contributed by atoms with Crippen molar-refractivity contribution in [1.29, 1.82) is 0 Å². The lowest BCUT2D eigenvalue weighted by atomic mass is 10.1. The van der Waals surface area contributed by atoms with Crippen molar-refractivity contribution >= 4 is 18.1 Å². The van der Waals surface area contributed by atoms with E-state index in [-0.39, 0.29) is 24.3 Å². The molecule has 1 unspecified atom stereocenters. The quantitative estimate of drug-likeness (QED) is 0.801. The zero-order chi connectivity index (χ0) is 19.2. The van der Waals surface area contributed by atoms with Crippen LogP contribution in [0.15, 0.2) is 35.3 Å². The van der Waals surface area contributed by atoms with Crippen LogP contribution in [0.1, 0.15) is 38.7 Å². The number of nitrogens with zero attached hydrogens (tertiary/aromatic N) is 3. The maximum absolute atomic E-state index is 12.4. The van der Waals surface area contributed by atoms with Crippen LogP contribution in [0.4, 0.5) is 9.59 Å². The Bertz CT molecular complexity index is 771. The van der Waals surface area contributed by atoms with E-state index in [0.717, 1.165) is 6.42 Å². The minimum absolute atomic E-state index is 0.132. The largest absolute Gasteiger partial charge is 0.444 e. The Labute approximate surface area is 158 Å². The Kier molecular flexibility index (Phi) is 4.32. The van der Waals surface area contributed by atoms with Crippen molar-refractivity contribution in [2.45, 2.75) is 50.8 Å². The molecule has 0 N–H and O–H groups in total. The summed E-state index contributed by atoms with van der Waals surface area (Å²) >= 11 is 0. The molecule has 1 aliphatic carbocycles. The summed E-state index contributed by atoms with van der Waals surface area (Å²) in [6, 6.07) is 10.1. The minimum Gasteiger partial charge on any atom is -0.444 e. The predicted molar refractivity (Wildman–Crippen MR) is 99.8 cm³/mol. The summed E-state index contributed by atoms with van der Waals surface area (Å²) < 4.78 is 10.9. The fourth-order valence-corrected chi connectivity index (χ4v) is 3.58. The molecule has 2 aliphatic heterocycles. The van der Waals surface area contributed by atoms with Crippen molar-refractivity contribution in [3.05, 3.63) is 35.9 Å². The topological polar surface area (TPSA) is 71.4 Å². The Morgan fingerprint density at radius 2 is 1.96 bits per heavy atom. The van der Waals surface area contributed by atoms with Crippen molar-refractivity contribution < 1.29 is 19.1 Å². The number of ether oxygens (including phenoxy) is 2. The van der Waals surface area contributed by atoms with E-state index in [1.165, 1.54) is 5.56 Å². The molecule has 0 radical (unpaired) electrons. The maximum atomic E-state index is 12.4. The normalized spacial score (nSPS) is 28.8. The molecule has 27 heavy (non-hydrogen) atoms. The first-order valence-corrected chi connectivity index (χ1v) is 9.41. The Hall–Kier alpha value is -2.57. The summed E-state index contributed by atoms with van der Waals surface area (Å²) in [4.78, 5) is 32.5. The molecule has 4 rings (SSSR count). The fraction of sp³-hybridized carbons (Fsp3) is 0.550. The van der Waals surface area contributed by atoms with Crippen LogP contribution >= 0.6 is 0 Å². The molecule has 3 aliphatic rings. The lowest BCUT2D eigenvalue weighted by Crippen LogP contribution is -2.55. The van der Waals surface area contributed by atoms with Gasteiger partial charge in [-0.3, -0.25) is 4.90 Å². The summed E-state index contributed by atoms with van der Waals surface area (Å²) in [7, 11) is 0. The number of benzene rings is 1. The van der Waals surface area contributed by atoms with Crippen molar-refractivity contribution in [1.82, 2.24) is 9.80 Å². The summed E-state index contributed by atoms with van der Waals surface area (Å²) in [6.45, 7) is 6.73. The van der Waals surface area contributed by atoms with E-state index in [0.29, 0.717) is 31.4 Å². The minimum atomic E-state index is -0.552. The number of fused-ring (bicyclic) bond motifs is 1.